The van der Waals surface area contributed by atoms with Crippen molar-refractivity contribution < 1.29 is 4.74 Å². The summed E-state index contributed by atoms with van der Waals surface area (Å²) in [5.41, 5.74) is 2.61. The quantitative estimate of drug-likeness (QED) is 0.516. The van der Waals surface area contributed by atoms with E-state index < -0.39 is 0 Å². The molecule has 0 heterocycles. The maximum Gasteiger partial charge on any atom is 0.119 e. The number of hydrazine groups is 1. The molecule has 0 radical (unpaired) electrons. The minimum Gasteiger partial charge on any atom is -0.492 e. The van der Waals surface area contributed by atoms with E-state index in [0.29, 0.717) is 6.61 Å². The van der Waals surface area contributed by atoms with Gasteiger partial charge in [-0.25, -0.2) is 0 Å². The molecule has 1 rings (SSSR count). The van der Waals surface area contributed by atoms with Crippen molar-refractivity contribution in [1.29, 1.82) is 0 Å². The van der Waals surface area contributed by atoms with E-state index in [0.717, 1.165) is 5.75 Å². The first-order valence-corrected chi connectivity index (χ1v) is 3.97. The number of nitrogens with two attached hydrogens (primary N) is 1. The number of ether oxygens (including phenoxy) is 1. The topological polar surface area (TPSA) is 47.3 Å². The van der Waals surface area contributed by atoms with Gasteiger partial charge in [-0.2, -0.15) is 0 Å². The first kappa shape index (κ1) is 9.03. The SMILES string of the molecule is C[C@@H](COc1ccccc1)NN. The number of para-hydroxylation sites is 1. The van der Waals surface area contributed by atoms with Crippen LogP contribution in [-0.2, 0) is 0 Å². The zero-order valence-corrected chi connectivity index (χ0v) is 7.16. The lowest BCUT2D eigenvalue weighted by molar-refractivity contribution is 0.275. The molecule has 0 unspecified atom stereocenters. The second kappa shape index (κ2) is 4.74. The first-order chi connectivity index (χ1) is 5.83. The lowest BCUT2D eigenvalue weighted by Gasteiger charge is -2.11. The zero-order valence-electron chi connectivity index (χ0n) is 7.16. The van der Waals surface area contributed by atoms with Crippen molar-refractivity contribution >= 4 is 0 Å². The van der Waals surface area contributed by atoms with Crippen LogP contribution in [0.4, 0.5) is 0 Å². The van der Waals surface area contributed by atoms with E-state index in [4.69, 9.17) is 10.6 Å². The molecule has 0 aliphatic rings. The van der Waals surface area contributed by atoms with E-state index in [-0.39, 0.29) is 6.04 Å². The zero-order chi connectivity index (χ0) is 8.81. The average molecular weight is 166 g/mol. The maximum absolute atomic E-state index is 5.42. The van der Waals surface area contributed by atoms with Gasteiger partial charge in [0.25, 0.3) is 0 Å². The Kier molecular flexibility index (Phi) is 3.57. The van der Waals surface area contributed by atoms with E-state index in [9.17, 15) is 0 Å². The highest BCUT2D eigenvalue weighted by atomic mass is 16.5. The number of nitrogens with one attached hydrogen (secondary N) is 1. The fourth-order valence-corrected chi connectivity index (χ4v) is 0.786. The minimum absolute atomic E-state index is 0.171. The smallest absolute Gasteiger partial charge is 0.119 e. The van der Waals surface area contributed by atoms with Crippen molar-refractivity contribution in [1.82, 2.24) is 5.43 Å². The molecule has 1 aromatic rings. The van der Waals surface area contributed by atoms with Crippen LogP contribution in [0, 0.1) is 0 Å². The van der Waals surface area contributed by atoms with Crippen molar-refractivity contribution in [2.24, 2.45) is 5.84 Å². The monoisotopic (exact) mass is 166 g/mol. The van der Waals surface area contributed by atoms with Gasteiger partial charge < -0.3 is 4.74 Å². The number of hydrogen-bond donors (Lipinski definition) is 2. The Morgan fingerprint density at radius 2 is 2.08 bits per heavy atom. The van der Waals surface area contributed by atoms with Gasteiger partial charge in [-0.3, -0.25) is 11.3 Å². The van der Waals surface area contributed by atoms with Crippen molar-refractivity contribution in [2.75, 3.05) is 6.61 Å². The Balaban J connectivity index is 2.33. The van der Waals surface area contributed by atoms with Gasteiger partial charge in [0.05, 0.1) is 6.04 Å². The highest BCUT2D eigenvalue weighted by Crippen LogP contribution is 2.07. The van der Waals surface area contributed by atoms with Crippen LogP contribution >= 0.6 is 0 Å². The van der Waals surface area contributed by atoms with E-state index in [1.54, 1.807) is 0 Å². The van der Waals surface area contributed by atoms with E-state index in [1.165, 1.54) is 0 Å². The molecule has 1 atom stereocenters. The highest BCUT2D eigenvalue weighted by molar-refractivity contribution is 5.20. The molecule has 12 heavy (non-hydrogen) atoms. The Morgan fingerprint density at radius 1 is 1.42 bits per heavy atom. The summed E-state index contributed by atoms with van der Waals surface area (Å²) in [6.45, 7) is 2.55. The van der Waals surface area contributed by atoms with Gasteiger partial charge in [0.15, 0.2) is 0 Å². The summed E-state index contributed by atoms with van der Waals surface area (Å²) in [4.78, 5) is 0. The molecule has 0 amide bonds. The molecule has 0 saturated heterocycles. The van der Waals surface area contributed by atoms with Gasteiger partial charge in [0.2, 0.25) is 0 Å². The van der Waals surface area contributed by atoms with Crippen LogP contribution in [0.15, 0.2) is 30.3 Å². The predicted octanol–water partition coefficient (Wildman–Crippen LogP) is 0.917. The fraction of sp³-hybridized carbons (Fsp3) is 0.333. The van der Waals surface area contributed by atoms with E-state index >= 15 is 0 Å². The Bertz CT molecular complexity index is 213. The number of hydrogen-bond acceptors (Lipinski definition) is 3. The molecule has 0 bridgehead atoms. The van der Waals surface area contributed by atoms with Gasteiger partial charge in [0.1, 0.15) is 12.4 Å². The minimum atomic E-state index is 0.171. The normalized spacial score (nSPS) is 12.5. The lowest BCUT2D eigenvalue weighted by atomic mass is 10.3. The summed E-state index contributed by atoms with van der Waals surface area (Å²) in [6, 6.07) is 9.85. The summed E-state index contributed by atoms with van der Waals surface area (Å²) in [7, 11) is 0. The van der Waals surface area contributed by atoms with E-state index in [2.05, 4.69) is 5.43 Å². The summed E-state index contributed by atoms with van der Waals surface area (Å²) in [5, 5.41) is 0. The van der Waals surface area contributed by atoms with Gasteiger partial charge in [0, 0.05) is 0 Å². The van der Waals surface area contributed by atoms with Gasteiger partial charge in [-0.05, 0) is 19.1 Å². The molecule has 1 aromatic carbocycles. The van der Waals surface area contributed by atoms with Gasteiger partial charge in [-0.1, -0.05) is 18.2 Å². The van der Waals surface area contributed by atoms with Crippen molar-refractivity contribution in [3.05, 3.63) is 30.3 Å². The van der Waals surface area contributed by atoms with Crippen LogP contribution in [0.1, 0.15) is 6.92 Å². The molecule has 0 aromatic heterocycles. The summed E-state index contributed by atoms with van der Waals surface area (Å²) in [5.74, 6) is 6.08. The Labute approximate surface area is 72.5 Å². The molecule has 0 saturated carbocycles. The van der Waals surface area contributed by atoms with Crippen molar-refractivity contribution in [2.45, 2.75) is 13.0 Å². The Hall–Kier alpha value is -1.06. The summed E-state index contributed by atoms with van der Waals surface area (Å²) in [6.07, 6.45) is 0. The number of benzene rings is 1. The molecular weight excluding hydrogens is 152 g/mol. The number of rotatable bonds is 4. The van der Waals surface area contributed by atoms with Crippen LogP contribution in [-0.4, -0.2) is 12.6 Å². The molecule has 0 aliphatic carbocycles. The molecule has 3 N–H and O–H groups in total. The second-order valence-electron chi connectivity index (χ2n) is 2.69. The van der Waals surface area contributed by atoms with Crippen molar-refractivity contribution in [3.8, 4) is 5.75 Å². The third-order valence-corrected chi connectivity index (χ3v) is 1.53. The van der Waals surface area contributed by atoms with Crippen LogP contribution in [0.2, 0.25) is 0 Å². The van der Waals surface area contributed by atoms with Crippen LogP contribution in [0.25, 0.3) is 0 Å². The third kappa shape index (κ3) is 2.90. The molecule has 3 heteroatoms. The molecule has 3 nitrogen and oxygen atoms in total. The molecular formula is C9H14N2O. The summed E-state index contributed by atoms with van der Waals surface area (Å²) < 4.78 is 5.42. The van der Waals surface area contributed by atoms with Crippen LogP contribution in [0.3, 0.4) is 0 Å². The average Bonchev–Trinajstić information content (AvgIpc) is 2.16. The fourth-order valence-electron chi connectivity index (χ4n) is 0.786. The van der Waals surface area contributed by atoms with Crippen molar-refractivity contribution in [3.63, 3.8) is 0 Å². The maximum atomic E-state index is 5.42. The second-order valence-corrected chi connectivity index (χ2v) is 2.69. The predicted molar refractivity (Wildman–Crippen MR) is 48.7 cm³/mol. The molecule has 0 aliphatic heterocycles. The van der Waals surface area contributed by atoms with Crippen LogP contribution in [0.5, 0.6) is 5.75 Å². The Morgan fingerprint density at radius 3 is 2.67 bits per heavy atom. The molecule has 0 fully saturated rings. The largest absolute Gasteiger partial charge is 0.492 e. The standard InChI is InChI=1S/C9H14N2O/c1-8(11-10)7-12-9-5-3-2-4-6-9/h2-6,8,11H,7,10H2,1H3/t8-/m0/s1. The third-order valence-electron chi connectivity index (χ3n) is 1.53. The first-order valence-electron chi connectivity index (χ1n) is 3.97. The lowest BCUT2D eigenvalue weighted by Crippen LogP contribution is -2.36. The molecule has 66 valence electrons. The van der Waals surface area contributed by atoms with Crippen LogP contribution < -0.4 is 16.0 Å². The highest BCUT2D eigenvalue weighted by Gasteiger charge is 1.98. The van der Waals surface area contributed by atoms with Gasteiger partial charge >= 0.3 is 0 Å². The van der Waals surface area contributed by atoms with Gasteiger partial charge in [-0.15, -0.1) is 0 Å². The summed E-state index contributed by atoms with van der Waals surface area (Å²) >= 11 is 0. The molecule has 0 spiro atoms. The van der Waals surface area contributed by atoms with E-state index in [1.807, 2.05) is 37.3 Å².